The third-order valence-corrected chi connectivity index (χ3v) is 2.33. The maximum atomic E-state index is 13.3. The summed E-state index contributed by atoms with van der Waals surface area (Å²) in [5.74, 6) is -0.485. The summed E-state index contributed by atoms with van der Waals surface area (Å²) in [5, 5.41) is 10.3. The van der Waals surface area contributed by atoms with Gasteiger partial charge in [0.05, 0.1) is 5.02 Å². The van der Waals surface area contributed by atoms with E-state index in [1.54, 1.807) is 19.3 Å². The van der Waals surface area contributed by atoms with Gasteiger partial charge in [0.2, 0.25) is 0 Å². The second kappa shape index (κ2) is 4.40. The van der Waals surface area contributed by atoms with Crippen LogP contribution in [0.1, 0.15) is 5.69 Å². The number of aromatic nitrogens is 3. The smallest absolute Gasteiger partial charge is 0.142 e. The lowest BCUT2D eigenvalue weighted by atomic mass is 10.1. The summed E-state index contributed by atoms with van der Waals surface area (Å²) >= 11 is 5.60. The predicted octanol–water partition coefficient (Wildman–Crippen LogP) is 2.31. The number of hydrogen-bond acceptors (Lipinski definition) is 3. The molecule has 0 aliphatic heterocycles. The van der Waals surface area contributed by atoms with Crippen molar-refractivity contribution in [2.75, 3.05) is 7.05 Å². The molecule has 0 atom stereocenters. The molecule has 6 heteroatoms. The molecule has 0 saturated heterocycles. The second-order valence-corrected chi connectivity index (χ2v) is 3.50. The highest BCUT2D eigenvalue weighted by Gasteiger charge is 2.10. The van der Waals surface area contributed by atoms with Crippen molar-refractivity contribution in [2.24, 2.45) is 4.99 Å². The van der Waals surface area contributed by atoms with Gasteiger partial charge in [-0.2, -0.15) is 0 Å². The van der Waals surface area contributed by atoms with Crippen LogP contribution in [0, 0.1) is 5.82 Å². The minimum atomic E-state index is -0.485. The first-order valence-corrected chi connectivity index (χ1v) is 4.89. The summed E-state index contributed by atoms with van der Waals surface area (Å²) in [7, 11) is 1.63. The van der Waals surface area contributed by atoms with Crippen LogP contribution in [0.2, 0.25) is 5.02 Å². The zero-order valence-electron chi connectivity index (χ0n) is 8.41. The van der Waals surface area contributed by atoms with Gasteiger partial charge in [-0.3, -0.25) is 10.1 Å². The SMILES string of the molecule is C/N=C/c1[nH]nnc1-c1ccc(Cl)c(F)c1. The third-order valence-electron chi connectivity index (χ3n) is 2.03. The van der Waals surface area contributed by atoms with E-state index < -0.39 is 5.82 Å². The van der Waals surface area contributed by atoms with Gasteiger partial charge < -0.3 is 0 Å². The van der Waals surface area contributed by atoms with Crippen molar-refractivity contribution in [1.82, 2.24) is 15.4 Å². The summed E-state index contributed by atoms with van der Waals surface area (Å²) in [6.07, 6.45) is 1.57. The van der Waals surface area contributed by atoms with Crippen LogP contribution in [0.15, 0.2) is 23.2 Å². The monoisotopic (exact) mass is 238 g/mol. The van der Waals surface area contributed by atoms with Crippen molar-refractivity contribution in [3.05, 3.63) is 34.7 Å². The second-order valence-electron chi connectivity index (χ2n) is 3.09. The molecule has 16 heavy (non-hydrogen) atoms. The summed E-state index contributed by atoms with van der Waals surface area (Å²) in [6, 6.07) is 4.47. The molecule has 1 aromatic carbocycles. The van der Waals surface area contributed by atoms with E-state index in [4.69, 9.17) is 11.6 Å². The minimum Gasteiger partial charge on any atom is -0.294 e. The Labute approximate surface area is 96.2 Å². The first-order valence-electron chi connectivity index (χ1n) is 4.51. The van der Waals surface area contributed by atoms with Crippen molar-refractivity contribution in [3.63, 3.8) is 0 Å². The molecule has 0 unspecified atom stereocenters. The van der Waals surface area contributed by atoms with E-state index in [2.05, 4.69) is 20.4 Å². The highest BCUT2D eigenvalue weighted by molar-refractivity contribution is 6.30. The molecule has 82 valence electrons. The van der Waals surface area contributed by atoms with Crippen molar-refractivity contribution in [1.29, 1.82) is 0 Å². The van der Waals surface area contributed by atoms with Crippen molar-refractivity contribution < 1.29 is 4.39 Å². The molecule has 1 N–H and O–H groups in total. The molecule has 0 spiro atoms. The lowest BCUT2D eigenvalue weighted by molar-refractivity contribution is 0.628. The Hall–Kier alpha value is -1.75. The van der Waals surface area contributed by atoms with E-state index in [1.807, 2.05) is 0 Å². The maximum absolute atomic E-state index is 13.3. The van der Waals surface area contributed by atoms with Gasteiger partial charge in [-0.15, -0.1) is 5.10 Å². The number of benzene rings is 1. The van der Waals surface area contributed by atoms with Gasteiger partial charge in [0, 0.05) is 18.8 Å². The van der Waals surface area contributed by atoms with Crippen molar-refractivity contribution in [3.8, 4) is 11.3 Å². The topological polar surface area (TPSA) is 53.9 Å². The number of aliphatic imine (C=N–C) groups is 1. The Morgan fingerprint density at radius 3 is 3.00 bits per heavy atom. The highest BCUT2D eigenvalue weighted by atomic mass is 35.5. The van der Waals surface area contributed by atoms with Crippen LogP contribution >= 0.6 is 11.6 Å². The molecule has 0 fully saturated rings. The van der Waals surface area contributed by atoms with Gasteiger partial charge in [0.25, 0.3) is 0 Å². The molecule has 1 aromatic heterocycles. The first-order chi connectivity index (χ1) is 7.72. The predicted molar refractivity (Wildman–Crippen MR) is 60.3 cm³/mol. The molecule has 0 amide bonds. The maximum Gasteiger partial charge on any atom is 0.142 e. The fraction of sp³-hybridized carbons (Fsp3) is 0.100. The highest BCUT2D eigenvalue weighted by Crippen LogP contribution is 2.23. The molecular weight excluding hydrogens is 231 g/mol. The van der Waals surface area contributed by atoms with Crippen molar-refractivity contribution >= 4 is 17.8 Å². The summed E-state index contributed by atoms with van der Waals surface area (Å²) in [5.41, 5.74) is 1.77. The van der Waals surface area contributed by atoms with Crippen molar-refractivity contribution in [2.45, 2.75) is 0 Å². The van der Waals surface area contributed by atoms with Gasteiger partial charge >= 0.3 is 0 Å². The van der Waals surface area contributed by atoms with E-state index in [1.165, 1.54) is 12.1 Å². The normalized spacial score (nSPS) is 11.2. The summed E-state index contributed by atoms with van der Waals surface area (Å²) < 4.78 is 13.3. The standard InChI is InChI=1S/C10H8ClFN4/c1-13-5-9-10(15-16-14-9)6-2-3-7(11)8(12)4-6/h2-5H,1H3,(H,14,15,16)/b13-5+. The van der Waals surface area contributed by atoms with Gasteiger partial charge in [0.15, 0.2) is 0 Å². The zero-order valence-corrected chi connectivity index (χ0v) is 9.16. The lowest BCUT2D eigenvalue weighted by Crippen LogP contribution is -1.88. The van der Waals surface area contributed by atoms with E-state index >= 15 is 0 Å². The number of hydrogen-bond donors (Lipinski definition) is 1. The van der Waals surface area contributed by atoms with Crippen LogP contribution in [-0.4, -0.2) is 28.7 Å². The third kappa shape index (κ3) is 1.94. The van der Waals surface area contributed by atoms with Crippen LogP contribution in [0.25, 0.3) is 11.3 Å². The molecule has 2 aromatic rings. The molecule has 0 saturated carbocycles. The van der Waals surface area contributed by atoms with Crippen LogP contribution in [-0.2, 0) is 0 Å². The average Bonchev–Trinajstić information content (AvgIpc) is 2.71. The minimum absolute atomic E-state index is 0.0814. The van der Waals surface area contributed by atoms with Crippen LogP contribution in [0.4, 0.5) is 4.39 Å². The van der Waals surface area contributed by atoms with E-state index in [0.29, 0.717) is 17.0 Å². The molecular formula is C10H8ClFN4. The number of nitrogens with zero attached hydrogens (tertiary/aromatic N) is 3. The summed E-state index contributed by atoms with van der Waals surface area (Å²) in [4.78, 5) is 3.85. The van der Waals surface area contributed by atoms with E-state index in [9.17, 15) is 4.39 Å². The van der Waals surface area contributed by atoms with Crippen LogP contribution in [0.5, 0.6) is 0 Å². The first kappa shape index (κ1) is 10.8. The molecule has 0 bridgehead atoms. The Bertz CT molecular complexity index is 535. The Balaban J connectivity index is 2.50. The molecule has 4 nitrogen and oxygen atoms in total. The largest absolute Gasteiger partial charge is 0.294 e. The van der Waals surface area contributed by atoms with Crippen LogP contribution in [0.3, 0.4) is 0 Å². The molecule has 0 radical (unpaired) electrons. The summed E-state index contributed by atoms with van der Waals surface area (Å²) in [6.45, 7) is 0. The molecule has 0 aliphatic carbocycles. The number of nitrogens with one attached hydrogen (secondary N) is 1. The Morgan fingerprint density at radius 1 is 1.50 bits per heavy atom. The van der Waals surface area contributed by atoms with Gasteiger partial charge in [-0.1, -0.05) is 22.9 Å². The fourth-order valence-corrected chi connectivity index (χ4v) is 1.43. The number of aromatic amines is 1. The molecule has 1 heterocycles. The Kier molecular flexibility index (Phi) is 2.96. The van der Waals surface area contributed by atoms with E-state index in [-0.39, 0.29) is 5.02 Å². The fourth-order valence-electron chi connectivity index (χ4n) is 1.31. The average molecular weight is 239 g/mol. The lowest BCUT2D eigenvalue weighted by Gasteiger charge is -1.99. The number of halogens is 2. The van der Waals surface area contributed by atoms with Crippen LogP contribution < -0.4 is 0 Å². The zero-order chi connectivity index (χ0) is 11.5. The molecule has 0 aliphatic rings. The van der Waals surface area contributed by atoms with Gasteiger partial charge in [0.1, 0.15) is 17.2 Å². The number of rotatable bonds is 2. The van der Waals surface area contributed by atoms with Gasteiger partial charge in [-0.25, -0.2) is 4.39 Å². The number of H-pyrrole nitrogens is 1. The molecule has 2 rings (SSSR count). The van der Waals surface area contributed by atoms with E-state index in [0.717, 1.165) is 0 Å². The van der Waals surface area contributed by atoms with Gasteiger partial charge in [-0.05, 0) is 12.1 Å². The quantitative estimate of drug-likeness (QED) is 0.817. The Morgan fingerprint density at radius 2 is 2.31 bits per heavy atom.